The smallest absolute Gasteiger partial charge is 0.251 e. The highest BCUT2D eigenvalue weighted by atomic mass is 19.1. The third kappa shape index (κ3) is 2.70. The van der Waals surface area contributed by atoms with Crippen LogP contribution in [0.15, 0.2) is 36.7 Å². The molecule has 1 aromatic heterocycles. The van der Waals surface area contributed by atoms with Crippen molar-refractivity contribution in [1.29, 1.82) is 0 Å². The Morgan fingerprint density at radius 1 is 1.45 bits per heavy atom. The zero-order valence-electron chi connectivity index (χ0n) is 10.8. The number of hydrogen-bond acceptors (Lipinski definition) is 3. The van der Waals surface area contributed by atoms with E-state index in [0.717, 1.165) is 5.82 Å². The second-order valence-corrected chi connectivity index (χ2v) is 4.65. The molecule has 1 atom stereocenters. The molecular weight excluding hydrogens is 261 g/mol. The van der Waals surface area contributed by atoms with Crippen LogP contribution < -0.4 is 5.32 Å². The van der Waals surface area contributed by atoms with E-state index in [0.29, 0.717) is 25.3 Å². The van der Waals surface area contributed by atoms with Crippen LogP contribution in [0.2, 0.25) is 0 Å². The summed E-state index contributed by atoms with van der Waals surface area (Å²) in [6.07, 6.45) is 3.55. The lowest BCUT2D eigenvalue weighted by Gasteiger charge is -2.24. The maximum Gasteiger partial charge on any atom is 0.251 e. The van der Waals surface area contributed by atoms with E-state index >= 15 is 0 Å². The van der Waals surface area contributed by atoms with Gasteiger partial charge in [-0.2, -0.15) is 0 Å². The van der Waals surface area contributed by atoms with Crippen molar-refractivity contribution in [2.75, 3.05) is 6.54 Å². The lowest BCUT2D eigenvalue weighted by molar-refractivity contribution is 0.00327. The molecule has 1 aliphatic heterocycles. The summed E-state index contributed by atoms with van der Waals surface area (Å²) in [6.45, 7) is 1.52. The van der Waals surface area contributed by atoms with E-state index in [1.165, 1.54) is 24.3 Å². The van der Waals surface area contributed by atoms with Gasteiger partial charge < -0.3 is 14.6 Å². The number of carbonyl (C=O) groups excluding carboxylic acids is 1. The molecule has 0 spiro atoms. The number of carbonyl (C=O) groups is 1. The molecule has 0 fully saturated rings. The zero-order chi connectivity index (χ0) is 13.9. The van der Waals surface area contributed by atoms with Crippen molar-refractivity contribution in [3.63, 3.8) is 0 Å². The Kier molecular flexibility index (Phi) is 3.47. The van der Waals surface area contributed by atoms with Crippen molar-refractivity contribution in [3.05, 3.63) is 53.9 Å². The van der Waals surface area contributed by atoms with Crippen LogP contribution in [0.5, 0.6) is 0 Å². The van der Waals surface area contributed by atoms with E-state index in [2.05, 4.69) is 10.3 Å². The molecule has 0 saturated carbocycles. The van der Waals surface area contributed by atoms with Gasteiger partial charge in [0.15, 0.2) is 0 Å². The Bertz CT molecular complexity index is 609. The first-order chi connectivity index (χ1) is 9.72. The fourth-order valence-corrected chi connectivity index (χ4v) is 2.14. The van der Waals surface area contributed by atoms with Crippen LogP contribution in [-0.4, -0.2) is 28.1 Å². The Morgan fingerprint density at radius 2 is 2.25 bits per heavy atom. The van der Waals surface area contributed by atoms with Crippen LogP contribution in [0, 0.1) is 5.82 Å². The Morgan fingerprint density at radius 3 is 3.05 bits per heavy atom. The minimum atomic E-state index is -0.357. The maximum absolute atomic E-state index is 12.8. The van der Waals surface area contributed by atoms with Crippen LogP contribution in [0.3, 0.4) is 0 Å². The number of nitrogens with one attached hydrogen (secondary N) is 1. The maximum atomic E-state index is 12.8. The minimum absolute atomic E-state index is 0.0823. The summed E-state index contributed by atoms with van der Waals surface area (Å²) in [4.78, 5) is 16.0. The van der Waals surface area contributed by atoms with Gasteiger partial charge in [0, 0.05) is 24.5 Å². The summed E-state index contributed by atoms with van der Waals surface area (Å²) in [5, 5.41) is 2.79. The van der Waals surface area contributed by atoms with Crippen LogP contribution >= 0.6 is 0 Å². The van der Waals surface area contributed by atoms with Crippen LogP contribution in [0.4, 0.5) is 4.39 Å². The molecule has 0 aliphatic carbocycles. The van der Waals surface area contributed by atoms with Gasteiger partial charge in [-0.1, -0.05) is 0 Å². The normalized spacial score (nSPS) is 17.6. The summed E-state index contributed by atoms with van der Waals surface area (Å²) in [5.41, 5.74) is 0.436. The first kappa shape index (κ1) is 12.8. The SMILES string of the molecule is O=C(NC[C@H]1Cn2ccnc2CO1)c1ccc(F)cc1. The number of nitrogens with zero attached hydrogens (tertiary/aromatic N) is 2. The molecule has 0 saturated heterocycles. The number of rotatable bonds is 3. The molecule has 0 bridgehead atoms. The van der Waals surface area contributed by atoms with Crippen LogP contribution in [-0.2, 0) is 17.9 Å². The highest BCUT2D eigenvalue weighted by Gasteiger charge is 2.19. The first-order valence-electron chi connectivity index (χ1n) is 6.38. The van der Waals surface area contributed by atoms with Crippen molar-refractivity contribution in [2.24, 2.45) is 0 Å². The summed E-state index contributed by atoms with van der Waals surface area (Å²) < 4.78 is 20.4. The molecule has 20 heavy (non-hydrogen) atoms. The lowest BCUT2D eigenvalue weighted by Crippen LogP contribution is -2.38. The number of amides is 1. The van der Waals surface area contributed by atoms with Crippen molar-refractivity contribution < 1.29 is 13.9 Å². The fraction of sp³-hybridized carbons (Fsp3) is 0.286. The molecule has 5 nitrogen and oxygen atoms in total. The monoisotopic (exact) mass is 275 g/mol. The van der Waals surface area contributed by atoms with Gasteiger partial charge in [-0.25, -0.2) is 9.37 Å². The van der Waals surface area contributed by atoms with Gasteiger partial charge >= 0.3 is 0 Å². The number of aromatic nitrogens is 2. The minimum Gasteiger partial charge on any atom is -0.367 e. The number of ether oxygens (including phenoxy) is 1. The van der Waals surface area contributed by atoms with Crippen molar-refractivity contribution in [2.45, 2.75) is 19.3 Å². The molecular formula is C14H14FN3O2. The fourth-order valence-electron chi connectivity index (χ4n) is 2.14. The molecule has 2 aromatic rings. The largest absolute Gasteiger partial charge is 0.367 e. The van der Waals surface area contributed by atoms with Crippen molar-refractivity contribution in [1.82, 2.24) is 14.9 Å². The van der Waals surface area contributed by atoms with E-state index in [4.69, 9.17) is 4.74 Å². The van der Waals surface area contributed by atoms with Gasteiger partial charge in [-0.05, 0) is 24.3 Å². The average molecular weight is 275 g/mol. The molecule has 1 amide bonds. The molecule has 104 valence electrons. The molecule has 0 unspecified atom stereocenters. The summed E-state index contributed by atoms with van der Waals surface area (Å²) in [5.74, 6) is 0.306. The highest BCUT2D eigenvalue weighted by Crippen LogP contribution is 2.11. The zero-order valence-corrected chi connectivity index (χ0v) is 10.8. The number of halogens is 1. The van der Waals surface area contributed by atoms with Crippen molar-refractivity contribution >= 4 is 5.91 Å². The predicted octanol–water partition coefficient (Wildman–Crippen LogP) is 1.35. The Labute approximate surface area is 115 Å². The highest BCUT2D eigenvalue weighted by molar-refractivity contribution is 5.94. The molecule has 3 rings (SSSR count). The van der Waals surface area contributed by atoms with Gasteiger partial charge in [0.05, 0.1) is 12.6 Å². The van der Waals surface area contributed by atoms with Gasteiger partial charge in [-0.15, -0.1) is 0 Å². The molecule has 1 N–H and O–H groups in total. The average Bonchev–Trinajstić information content (AvgIpc) is 2.93. The number of fused-ring (bicyclic) bond motifs is 1. The van der Waals surface area contributed by atoms with Gasteiger partial charge in [0.2, 0.25) is 0 Å². The standard InChI is InChI=1S/C14H14FN3O2/c15-11-3-1-10(2-4-11)14(19)17-7-12-8-18-6-5-16-13(18)9-20-12/h1-6,12H,7-9H2,(H,17,19)/t12-/m0/s1. The van der Waals surface area contributed by atoms with Crippen LogP contribution in [0.25, 0.3) is 0 Å². The molecule has 0 radical (unpaired) electrons. The van der Waals surface area contributed by atoms with E-state index in [-0.39, 0.29) is 17.8 Å². The summed E-state index contributed by atoms with van der Waals surface area (Å²) in [6, 6.07) is 5.45. The summed E-state index contributed by atoms with van der Waals surface area (Å²) in [7, 11) is 0. The molecule has 6 heteroatoms. The molecule has 1 aromatic carbocycles. The van der Waals surface area contributed by atoms with Gasteiger partial charge in [0.1, 0.15) is 18.2 Å². The molecule has 2 heterocycles. The lowest BCUT2D eigenvalue weighted by atomic mass is 10.2. The first-order valence-corrected chi connectivity index (χ1v) is 6.38. The topological polar surface area (TPSA) is 56.2 Å². The number of hydrogen-bond donors (Lipinski definition) is 1. The summed E-state index contributed by atoms with van der Waals surface area (Å²) >= 11 is 0. The van der Waals surface area contributed by atoms with E-state index in [1.807, 2.05) is 10.8 Å². The Hall–Kier alpha value is -2.21. The van der Waals surface area contributed by atoms with Crippen molar-refractivity contribution in [3.8, 4) is 0 Å². The van der Waals surface area contributed by atoms with E-state index < -0.39 is 0 Å². The second-order valence-electron chi connectivity index (χ2n) is 4.65. The van der Waals surface area contributed by atoms with Gasteiger partial charge in [0.25, 0.3) is 5.91 Å². The van der Waals surface area contributed by atoms with Gasteiger partial charge in [-0.3, -0.25) is 4.79 Å². The molecule has 1 aliphatic rings. The third-order valence-electron chi connectivity index (χ3n) is 3.25. The second kappa shape index (κ2) is 5.42. The number of imidazole rings is 1. The number of benzene rings is 1. The Balaban J connectivity index is 1.55. The third-order valence-corrected chi connectivity index (χ3v) is 3.25. The predicted molar refractivity (Wildman–Crippen MR) is 69.5 cm³/mol. The van der Waals surface area contributed by atoms with E-state index in [1.54, 1.807) is 6.20 Å². The quantitative estimate of drug-likeness (QED) is 0.920. The van der Waals surface area contributed by atoms with Crippen LogP contribution in [0.1, 0.15) is 16.2 Å². The van der Waals surface area contributed by atoms with E-state index in [9.17, 15) is 9.18 Å².